The zero-order valence-electron chi connectivity index (χ0n) is 14.5. The number of nitrogens with zero attached hydrogens (tertiary/aromatic N) is 3. The van der Waals surface area contributed by atoms with Gasteiger partial charge >= 0.3 is 0 Å². The van der Waals surface area contributed by atoms with Crippen molar-refractivity contribution in [3.05, 3.63) is 83.9 Å². The smallest absolute Gasteiger partial charge is 0.251 e. The standard InChI is InChI=1S/C20H22N4O/c1-15(2)19(17-6-4-3-5-7-17)23-20(25)18-10-8-16(9-11-18)12-24-14-21-13-22-24/h3-11,13-15,19H,12H2,1-2H3,(H,23,25)/t19-/m0/s1. The van der Waals surface area contributed by atoms with Gasteiger partial charge in [-0.15, -0.1) is 0 Å². The Kier molecular flexibility index (Phi) is 5.23. The van der Waals surface area contributed by atoms with Crippen molar-refractivity contribution < 1.29 is 4.79 Å². The summed E-state index contributed by atoms with van der Waals surface area (Å²) in [5.74, 6) is 0.243. The molecule has 0 aliphatic rings. The van der Waals surface area contributed by atoms with E-state index in [0.29, 0.717) is 18.0 Å². The summed E-state index contributed by atoms with van der Waals surface area (Å²) in [4.78, 5) is 16.6. The fourth-order valence-corrected chi connectivity index (χ4v) is 2.78. The molecule has 0 bridgehead atoms. The summed E-state index contributed by atoms with van der Waals surface area (Å²) in [5, 5.41) is 7.24. The number of hydrogen-bond acceptors (Lipinski definition) is 3. The molecule has 0 radical (unpaired) electrons. The summed E-state index contributed by atoms with van der Waals surface area (Å²) in [5.41, 5.74) is 2.85. The summed E-state index contributed by atoms with van der Waals surface area (Å²) in [7, 11) is 0. The van der Waals surface area contributed by atoms with E-state index in [4.69, 9.17) is 0 Å². The van der Waals surface area contributed by atoms with Gasteiger partial charge in [0, 0.05) is 5.56 Å². The van der Waals surface area contributed by atoms with Gasteiger partial charge in [0.2, 0.25) is 0 Å². The second-order valence-electron chi connectivity index (χ2n) is 6.40. The van der Waals surface area contributed by atoms with Gasteiger partial charge in [0.15, 0.2) is 0 Å². The lowest BCUT2D eigenvalue weighted by molar-refractivity contribution is 0.0925. The third-order valence-electron chi connectivity index (χ3n) is 4.14. The molecule has 1 heterocycles. The minimum atomic E-state index is -0.0603. The number of aromatic nitrogens is 3. The summed E-state index contributed by atoms with van der Waals surface area (Å²) < 4.78 is 1.75. The Morgan fingerprint density at radius 1 is 1.08 bits per heavy atom. The van der Waals surface area contributed by atoms with E-state index in [1.165, 1.54) is 6.33 Å². The van der Waals surface area contributed by atoms with Crippen molar-refractivity contribution in [3.8, 4) is 0 Å². The van der Waals surface area contributed by atoms with Crippen molar-refractivity contribution in [1.29, 1.82) is 0 Å². The zero-order valence-corrected chi connectivity index (χ0v) is 14.5. The molecule has 1 aromatic heterocycles. The summed E-state index contributed by atoms with van der Waals surface area (Å²) >= 11 is 0. The van der Waals surface area contributed by atoms with Crippen LogP contribution in [0.5, 0.6) is 0 Å². The molecule has 0 spiro atoms. The normalized spacial score (nSPS) is 12.1. The van der Waals surface area contributed by atoms with Crippen LogP contribution in [0.3, 0.4) is 0 Å². The molecule has 3 rings (SSSR count). The highest BCUT2D eigenvalue weighted by molar-refractivity contribution is 5.94. The van der Waals surface area contributed by atoms with Crippen LogP contribution in [-0.4, -0.2) is 20.7 Å². The van der Waals surface area contributed by atoms with Crippen LogP contribution in [0.25, 0.3) is 0 Å². The molecule has 0 aliphatic heterocycles. The first-order chi connectivity index (χ1) is 12.1. The Labute approximate surface area is 147 Å². The molecule has 3 aromatic rings. The van der Waals surface area contributed by atoms with E-state index >= 15 is 0 Å². The quantitative estimate of drug-likeness (QED) is 0.751. The van der Waals surface area contributed by atoms with Gasteiger partial charge in [-0.3, -0.25) is 4.79 Å². The van der Waals surface area contributed by atoms with Crippen LogP contribution in [0.1, 0.15) is 41.4 Å². The first kappa shape index (κ1) is 16.9. The van der Waals surface area contributed by atoms with Crippen LogP contribution in [0, 0.1) is 5.92 Å². The molecule has 1 amide bonds. The van der Waals surface area contributed by atoms with Gasteiger partial charge in [0.1, 0.15) is 12.7 Å². The average Bonchev–Trinajstić information content (AvgIpc) is 3.13. The minimum absolute atomic E-state index is 0.0106. The van der Waals surface area contributed by atoms with Crippen molar-refractivity contribution in [1.82, 2.24) is 20.1 Å². The van der Waals surface area contributed by atoms with Crippen molar-refractivity contribution in [2.45, 2.75) is 26.4 Å². The first-order valence-electron chi connectivity index (χ1n) is 8.40. The molecular weight excluding hydrogens is 312 g/mol. The largest absolute Gasteiger partial charge is 0.345 e. The van der Waals surface area contributed by atoms with Crippen LogP contribution in [0.15, 0.2) is 67.3 Å². The zero-order chi connectivity index (χ0) is 17.6. The van der Waals surface area contributed by atoms with Crippen LogP contribution in [0.4, 0.5) is 0 Å². The number of nitrogens with one attached hydrogen (secondary N) is 1. The van der Waals surface area contributed by atoms with Gasteiger partial charge in [0.05, 0.1) is 12.6 Å². The van der Waals surface area contributed by atoms with E-state index < -0.39 is 0 Å². The van der Waals surface area contributed by atoms with Gasteiger partial charge in [-0.25, -0.2) is 9.67 Å². The summed E-state index contributed by atoms with van der Waals surface area (Å²) in [6, 6.07) is 17.7. The minimum Gasteiger partial charge on any atom is -0.345 e. The van der Waals surface area contributed by atoms with Gasteiger partial charge < -0.3 is 5.32 Å². The van der Waals surface area contributed by atoms with E-state index in [2.05, 4.69) is 29.2 Å². The Morgan fingerprint density at radius 2 is 1.80 bits per heavy atom. The molecule has 0 saturated heterocycles. The number of carbonyl (C=O) groups is 1. The lowest BCUT2D eigenvalue weighted by Crippen LogP contribution is -2.31. The molecule has 0 unspecified atom stereocenters. The topological polar surface area (TPSA) is 59.8 Å². The number of amides is 1. The second-order valence-corrected chi connectivity index (χ2v) is 6.40. The molecule has 1 atom stereocenters. The van der Waals surface area contributed by atoms with Crippen LogP contribution in [-0.2, 0) is 6.54 Å². The Hall–Kier alpha value is -2.95. The van der Waals surface area contributed by atoms with E-state index in [0.717, 1.165) is 11.1 Å². The summed E-state index contributed by atoms with van der Waals surface area (Å²) in [6.07, 6.45) is 3.19. The van der Waals surface area contributed by atoms with Crippen molar-refractivity contribution >= 4 is 5.91 Å². The third-order valence-corrected chi connectivity index (χ3v) is 4.14. The molecule has 5 heteroatoms. The molecule has 2 aromatic carbocycles. The van der Waals surface area contributed by atoms with Crippen molar-refractivity contribution in [2.24, 2.45) is 5.92 Å². The Bertz CT molecular complexity index is 795. The van der Waals surface area contributed by atoms with E-state index in [9.17, 15) is 4.79 Å². The van der Waals surface area contributed by atoms with Gasteiger partial charge in [-0.05, 0) is 29.2 Å². The van der Waals surface area contributed by atoms with Crippen molar-refractivity contribution in [3.63, 3.8) is 0 Å². The Morgan fingerprint density at radius 3 is 2.40 bits per heavy atom. The molecule has 1 N–H and O–H groups in total. The first-order valence-corrected chi connectivity index (χ1v) is 8.40. The van der Waals surface area contributed by atoms with Gasteiger partial charge in [0.25, 0.3) is 5.91 Å². The predicted molar refractivity (Wildman–Crippen MR) is 97.1 cm³/mol. The fourth-order valence-electron chi connectivity index (χ4n) is 2.78. The maximum Gasteiger partial charge on any atom is 0.251 e. The number of carbonyl (C=O) groups excluding carboxylic acids is 1. The van der Waals surface area contributed by atoms with E-state index in [1.54, 1.807) is 11.0 Å². The summed E-state index contributed by atoms with van der Waals surface area (Å²) in [6.45, 7) is 4.86. The third kappa shape index (κ3) is 4.32. The monoisotopic (exact) mass is 334 g/mol. The average molecular weight is 334 g/mol. The van der Waals surface area contributed by atoms with Gasteiger partial charge in [-0.1, -0.05) is 56.3 Å². The molecule has 5 nitrogen and oxygen atoms in total. The maximum absolute atomic E-state index is 12.6. The highest BCUT2D eigenvalue weighted by Gasteiger charge is 2.18. The van der Waals surface area contributed by atoms with Crippen molar-refractivity contribution in [2.75, 3.05) is 0 Å². The number of hydrogen-bond donors (Lipinski definition) is 1. The highest BCUT2D eigenvalue weighted by Crippen LogP contribution is 2.22. The lowest BCUT2D eigenvalue weighted by Gasteiger charge is -2.23. The van der Waals surface area contributed by atoms with Gasteiger partial charge in [-0.2, -0.15) is 5.10 Å². The Balaban J connectivity index is 1.69. The molecule has 25 heavy (non-hydrogen) atoms. The van der Waals surface area contributed by atoms with E-state index in [-0.39, 0.29) is 11.9 Å². The molecule has 0 saturated carbocycles. The fraction of sp³-hybridized carbons (Fsp3) is 0.250. The number of benzene rings is 2. The van der Waals surface area contributed by atoms with Crippen LogP contribution < -0.4 is 5.32 Å². The SMILES string of the molecule is CC(C)[C@H](NC(=O)c1ccc(Cn2cncn2)cc1)c1ccccc1. The van der Waals surface area contributed by atoms with Crippen LogP contribution >= 0.6 is 0 Å². The molecule has 0 aliphatic carbocycles. The predicted octanol–water partition coefficient (Wildman–Crippen LogP) is 3.45. The second kappa shape index (κ2) is 7.75. The molecule has 0 fully saturated rings. The lowest BCUT2D eigenvalue weighted by atomic mass is 9.95. The molecular formula is C20H22N4O. The van der Waals surface area contributed by atoms with Crippen LogP contribution in [0.2, 0.25) is 0 Å². The molecule has 128 valence electrons. The number of rotatable bonds is 6. The highest BCUT2D eigenvalue weighted by atomic mass is 16.1. The van der Waals surface area contributed by atoms with E-state index in [1.807, 2.05) is 54.6 Å². The maximum atomic E-state index is 12.6.